The number of halogens is 8. The molecule has 3 aromatic rings. The first kappa shape index (κ1) is 24.5. The minimum absolute atomic E-state index is 0.157. The lowest BCUT2D eigenvalue weighted by Gasteiger charge is -2.24. The van der Waals surface area contributed by atoms with Gasteiger partial charge in [-0.05, 0) is 40.8 Å². The summed E-state index contributed by atoms with van der Waals surface area (Å²) in [6.07, 6.45) is -14.7. The first-order valence-corrected chi connectivity index (χ1v) is 9.90. The van der Waals surface area contributed by atoms with E-state index in [1.165, 1.54) is 12.1 Å². The number of benzene rings is 3. The van der Waals surface area contributed by atoms with Crippen LogP contribution in [0.4, 0.5) is 35.1 Å². The monoisotopic (exact) mass is 474 g/mol. The van der Waals surface area contributed by atoms with E-state index in [-0.39, 0.29) is 5.56 Å². The summed E-state index contributed by atoms with van der Waals surface area (Å²) < 4.78 is 111. The number of alkyl halides is 6. The third-order valence-electron chi connectivity index (χ3n) is 4.86. The Kier molecular flexibility index (Phi) is 7.00. The lowest BCUT2D eigenvalue weighted by atomic mass is 9.93. The molecule has 0 aliphatic heterocycles. The Morgan fingerprint density at radius 1 is 0.818 bits per heavy atom. The first-order chi connectivity index (χ1) is 15.5. The Morgan fingerprint density at radius 3 is 2.12 bits per heavy atom. The van der Waals surface area contributed by atoms with Crippen LogP contribution in [0.2, 0.25) is 0 Å². The van der Waals surface area contributed by atoms with E-state index in [2.05, 4.69) is 4.74 Å². The van der Waals surface area contributed by atoms with Crippen LogP contribution in [0.3, 0.4) is 0 Å². The summed E-state index contributed by atoms with van der Waals surface area (Å²) in [4.78, 5) is 0. The minimum Gasteiger partial charge on any atom is -0.424 e. The van der Waals surface area contributed by atoms with Gasteiger partial charge in [-0.1, -0.05) is 61.9 Å². The van der Waals surface area contributed by atoms with E-state index in [9.17, 15) is 30.7 Å². The number of aryl methyl sites for hydroxylation is 1. The van der Waals surface area contributed by atoms with E-state index in [4.69, 9.17) is 0 Å². The lowest BCUT2D eigenvalue weighted by molar-refractivity contribution is -0.306. The molecule has 0 heterocycles. The van der Waals surface area contributed by atoms with E-state index in [1.807, 2.05) is 19.1 Å². The fourth-order valence-electron chi connectivity index (χ4n) is 3.37. The highest BCUT2D eigenvalue weighted by atomic mass is 19.4. The molecule has 0 aromatic heterocycles. The van der Waals surface area contributed by atoms with Gasteiger partial charge in [-0.3, -0.25) is 0 Å². The van der Waals surface area contributed by atoms with Gasteiger partial charge in [-0.25, -0.2) is 13.2 Å². The second-order valence-corrected chi connectivity index (χ2v) is 7.30. The zero-order chi connectivity index (χ0) is 24.4. The van der Waals surface area contributed by atoms with Gasteiger partial charge < -0.3 is 4.74 Å². The summed E-state index contributed by atoms with van der Waals surface area (Å²) in [5, 5.41) is 0. The molecule has 1 nitrogen and oxygen atoms in total. The van der Waals surface area contributed by atoms with Gasteiger partial charge in [0.25, 0.3) is 6.17 Å². The third kappa shape index (κ3) is 5.29. The average Bonchev–Trinajstić information content (AvgIpc) is 2.76. The predicted molar refractivity (Wildman–Crippen MR) is 108 cm³/mol. The molecule has 1 unspecified atom stereocenters. The van der Waals surface area contributed by atoms with Gasteiger partial charge in [-0.15, -0.1) is 0 Å². The summed E-state index contributed by atoms with van der Waals surface area (Å²) in [5.74, 6) is -5.19. The Hall–Kier alpha value is -3.10. The van der Waals surface area contributed by atoms with Crippen molar-refractivity contribution in [3.8, 4) is 28.0 Å². The van der Waals surface area contributed by atoms with Gasteiger partial charge >= 0.3 is 12.3 Å². The molecule has 176 valence electrons. The van der Waals surface area contributed by atoms with Crippen molar-refractivity contribution in [3.05, 3.63) is 77.9 Å². The van der Waals surface area contributed by atoms with Crippen LogP contribution in [0.25, 0.3) is 22.3 Å². The Morgan fingerprint density at radius 2 is 1.48 bits per heavy atom. The molecule has 0 saturated heterocycles. The van der Waals surface area contributed by atoms with Gasteiger partial charge in [0, 0.05) is 5.56 Å². The quantitative estimate of drug-likeness (QED) is 0.314. The summed E-state index contributed by atoms with van der Waals surface area (Å²) in [5.41, 5.74) is 1.88. The first-order valence-electron chi connectivity index (χ1n) is 9.90. The molecule has 0 bridgehead atoms. The van der Waals surface area contributed by atoms with Crippen molar-refractivity contribution in [2.24, 2.45) is 0 Å². The number of hydrogen-bond donors (Lipinski definition) is 0. The van der Waals surface area contributed by atoms with Crippen LogP contribution in [-0.2, 0) is 6.42 Å². The summed E-state index contributed by atoms with van der Waals surface area (Å²) in [6, 6.07) is 15.0. The molecule has 0 aliphatic carbocycles. The number of rotatable bonds is 7. The van der Waals surface area contributed by atoms with Crippen molar-refractivity contribution >= 4 is 0 Å². The average molecular weight is 474 g/mol. The van der Waals surface area contributed by atoms with Crippen LogP contribution in [-0.4, -0.2) is 18.5 Å². The van der Waals surface area contributed by atoms with Crippen molar-refractivity contribution in [2.45, 2.75) is 38.2 Å². The maximum absolute atomic E-state index is 15.1. The van der Waals surface area contributed by atoms with E-state index in [0.29, 0.717) is 17.2 Å². The van der Waals surface area contributed by atoms with Crippen LogP contribution in [0.1, 0.15) is 18.9 Å². The van der Waals surface area contributed by atoms with Crippen LogP contribution in [0.15, 0.2) is 60.7 Å². The zero-order valence-electron chi connectivity index (χ0n) is 17.2. The highest BCUT2D eigenvalue weighted by Crippen LogP contribution is 2.41. The zero-order valence-corrected chi connectivity index (χ0v) is 17.2. The minimum atomic E-state index is -6.00. The van der Waals surface area contributed by atoms with Crippen LogP contribution < -0.4 is 4.74 Å². The molecular formula is C24H18F8O. The van der Waals surface area contributed by atoms with Crippen LogP contribution >= 0.6 is 0 Å². The standard InChI is InChI=1S/C24H18F8O/c1-2-6-14-7-5-8-15(13-14)16-9-3-4-10-17(16)18-11-12-19(25)21(20(18)26)33-24(31,32)22(27)23(28,29)30/h3-5,7-13,22H,2,6H2,1H3. The second kappa shape index (κ2) is 9.41. The fourth-order valence-corrected chi connectivity index (χ4v) is 3.37. The molecule has 3 rings (SSSR count). The normalized spacial score (nSPS) is 13.1. The van der Waals surface area contributed by atoms with Gasteiger partial charge in [0.05, 0.1) is 0 Å². The van der Waals surface area contributed by atoms with Crippen molar-refractivity contribution < 1.29 is 39.9 Å². The van der Waals surface area contributed by atoms with E-state index in [0.717, 1.165) is 24.5 Å². The molecule has 0 fully saturated rings. The Balaban J connectivity index is 2.09. The van der Waals surface area contributed by atoms with Gasteiger partial charge in [0.15, 0.2) is 17.4 Å². The highest BCUT2D eigenvalue weighted by Gasteiger charge is 2.59. The van der Waals surface area contributed by atoms with Gasteiger partial charge in [0.2, 0.25) is 0 Å². The highest BCUT2D eigenvalue weighted by molar-refractivity contribution is 5.84. The SMILES string of the molecule is CCCc1cccc(-c2ccccc2-c2ccc(F)c(OC(F)(F)C(F)C(F)(F)F)c2F)c1. The molecule has 0 amide bonds. The van der Waals surface area contributed by atoms with Crippen LogP contribution in [0.5, 0.6) is 5.75 Å². The molecule has 0 aliphatic rings. The second-order valence-electron chi connectivity index (χ2n) is 7.30. The molecule has 0 N–H and O–H groups in total. The largest absolute Gasteiger partial charge is 0.439 e. The Bertz CT molecular complexity index is 1120. The number of hydrogen-bond acceptors (Lipinski definition) is 1. The van der Waals surface area contributed by atoms with Crippen molar-refractivity contribution in [1.29, 1.82) is 0 Å². The van der Waals surface area contributed by atoms with Gasteiger partial charge in [0.1, 0.15) is 0 Å². The predicted octanol–water partition coefficient (Wildman–Crippen LogP) is 8.12. The van der Waals surface area contributed by atoms with Crippen molar-refractivity contribution in [3.63, 3.8) is 0 Å². The molecule has 9 heteroatoms. The van der Waals surface area contributed by atoms with Crippen molar-refractivity contribution in [2.75, 3.05) is 0 Å². The van der Waals surface area contributed by atoms with Crippen molar-refractivity contribution in [1.82, 2.24) is 0 Å². The smallest absolute Gasteiger partial charge is 0.424 e. The Labute approximate surface area is 184 Å². The summed E-state index contributed by atoms with van der Waals surface area (Å²) >= 11 is 0. The maximum atomic E-state index is 15.1. The van der Waals surface area contributed by atoms with Crippen LogP contribution in [0, 0.1) is 11.6 Å². The molecule has 0 radical (unpaired) electrons. The molecule has 0 spiro atoms. The molecule has 33 heavy (non-hydrogen) atoms. The van der Waals surface area contributed by atoms with E-state index in [1.54, 1.807) is 24.3 Å². The summed E-state index contributed by atoms with van der Waals surface area (Å²) in [6.45, 7) is 1.99. The third-order valence-corrected chi connectivity index (χ3v) is 4.86. The number of ether oxygens (including phenoxy) is 1. The summed E-state index contributed by atoms with van der Waals surface area (Å²) in [7, 11) is 0. The maximum Gasteiger partial charge on any atom is 0.439 e. The molecular weight excluding hydrogens is 456 g/mol. The van der Waals surface area contributed by atoms with E-state index < -0.39 is 41.4 Å². The lowest BCUT2D eigenvalue weighted by Crippen LogP contribution is -2.46. The molecule has 3 aromatic carbocycles. The van der Waals surface area contributed by atoms with Gasteiger partial charge in [-0.2, -0.15) is 22.0 Å². The topological polar surface area (TPSA) is 9.23 Å². The fraction of sp³-hybridized carbons (Fsp3) is 0.250. The van der Waals surface area contributed by atoms with E-state index >= 15 is 4.39 Å². The molecule has 0 saturated carbocycles. The molecule has 1 atom stereocenters.